The number of nitrogens with two attached hydrogens (primary N) is 1. The molecule has 49 heavy (non-hydrogen) atoms. The molecular formula is C40H76NO7P. The fraction of sp³-hybridized carbons (Fsp3) is 0.825. The molecule has 0 aromatic heterocycles. The van der Waals surface area contributed by atoms with Crippen LogP contribution in [0.5, 0.6) is 0 Å². The van der Waals surface area contributed by atoms with Gasteiger partial charge in [-0.3, -0.25) is 13.8 Å². The number of unbranched alkanes of at least 4 members (excludes halogenated alkanes) is 19. The number of carbonyl (C=O) groups is 1. The van der Waals surface area contributed by atoms with Gasteiger partial charge in [0.2, 0.25) is 0 Å². The van der Waals surface area contributed by atoms with Gasteiger partial charge in [-0.05, 0) is 70.6 Å². The van der Waals surface area contributed by atoms with Gasteiger partial charge in [0.05, 0.1) is 19.8 Å². The molecule has 0 aromatic carbocycles. The SMILES string of the molecule is CCCCCC/C=C\C/C=C\CCCCCCCC(=O)OC(COCCCCCCCC/C=C\CCCCCC)COP(=O)(O)OCCN. The summed E-state index contributed by atoms with van der Waals surface area (Å²) in [5.41, 5.74) is 5.35. The molecule has 0 saturated heterocycles. The van der Waals surface area contributed by atoms with Crippen molar-refractivity contribution in [2.75, 3.05) is 33.0 Å². The average molecular weight is 714 g/mol. The zero-order valence-electron chi connectivity index (χ0n) is 31.7. The van der Waals surface area contributed by atoms with Gasteiger partial charge >= 0.3 is 13.8 Å². The molecule has 0 fully saturated rings. The summed E-state index contributed by atoms with van der Waals surface area (Å²) in [6, 6.07) is 0. The molecule has 0 saturated carbocycles. The Kier molecular flexibility index (Phi) is 37.0. The van der Waals surface area contributed by atoms with E-state index in [1.54, 1.807) is 0 Å². The molecule has 0 amide bonds. The number of rotatable bonds is 38. The van der Waals surface area contributed by atoms with Gasteiger partial charge in [-0.2, -0.15) is 0 Å². The number of phosphoric acid groups is 1. The van der Waals surface area contributed by atoms with Crippen LogP contribution in [0, 0.1) is 0 Å². The van der Waals surface area contributed by atoms with E-state index in [4.69, 9.17) is 24.3 Å². The summed E-state index contributed by atoms with van der Waals surface area (Å²) in [4.78, 5) is 22.4. The highest BCUT2D eigenvalue weighted by atomic mass is 31.2. The number of esters is 1. The van der Waals surface area contributed by atoms with E-state index in [2.05, 4.69) is 50.3 Å². The molecule has 8 nitrogen and oxygen atoms in total. The molecule has 0 bridgehead atoms. The van der Waals surface area contributed by atoms with Gasteiger partial charge in [-0.15, -0.1) is 0 Å². The summed E-state index contributed by atoms with van der Waals surface area (Å²) >= 11 is 0. The van der Waals surface area contributed by atoms with Gasteiger partial charge in [-0.25, -0.2) is 4.57 Å². The van der Waals surface area contributed by atoms with Crippen molar-refractivity contribution in [1.29, 1.82) is 0 Å². The first-order valence-electron chi connectivity index (χ1n) is 20.0. The van der Waals surface area contributed by atoms with Gasteiger partial charge in [0.25, 0.3) is 0 Å². The van der Waals surface area contributed by atoms with E-state index in [-0.39, 0.29) is 32.3 Å². The molecule has 0 aliphatic rings. The maximum atomic E-state index is 12.5. The van der Waals surface area contributed by atoms with Gasteiger partial charge in [0, 0.05) is 19.6 Å². The van der Waals surface area contributed by atoms with E-state index in [1.807, 2.05) is 0 Å². The summed E-state index contributed by atoms with van der Waals surface area (Å²) in [5.74, 6) is -0.347. The second-order valence-corrected chi connectivity index (χ2v) is 14.6. The minimum absolute atomic E-state index is 0.0965. The van der Waals surface area contributed by atoms with Crippen molar-refractivity contribution in [3.8, 4) is 0 Å². The summed E-state index contributed by atoms with van der Waals surface area (Å²) < 4.78 is 33.3. The second-order valence-electron chi connectivity index (χ2n) is 13.1. The van der Waals surface area contributed by atoms with E-state index in [9.17, 15) is 14.3 Å². The topological polar surface area (TPSA) is 117 Å². The molecule has 2 unspecified atom stereocenters. The van der Waals surface area contributed by atoms with Crippen LogP contribution in [0.1, 0.15) is 174 Å². The first kappa shape index (κ1) is 47.7. The number of allylic oxidation sites excluding steroid dienone is 6. The molecular weight excluding hydrogens is 637 g/mol. The highest BCUT2D eigenvalue weighted by Gasteiger charge is 2.25. The number of ether oxygens (including phenoxy) is 2. The molecule has 0 heterocycles. The molecule has 0 aliphatic heterocycles. The molecule has 0 aliphatic carbocycles. The molecule has 288 valence electrons. The number of phosphoric ester groups is 1. The Morgan fingerprint density at radius 3 is 1.61 bits per heavy atom. The molecule has 9 heteroatoms. The van der Waals surface area contributed by atoms with Crippen molar-refractivity contribution >= 4 is 13.8 Å². The second kappa shape index (κ2) is 38.0. The lowest BCUT2D eigenvalue weighted by Gasteiger charge is -2.20. The summed E-state index contributed by atoms with van der Waals surface area (Å²) in [5, 5.41) is 0. The standard InChI is InChI=1S/C40H76NO7P/c1-3-5-7-9-11-13-15-17-19-20-21-23-25-27-29-31-33-40(42)48-39(38-47-49(43,44)46-36-34-41)37-45-35-32-30-28-26-24-22-18-16-14-12-10-8-6-4-2/h13-16,19-20,39H,3-12,17-18,21-38,41H2,1-2H3,(H,43,44)/b15-13-,16-14-,20-19-. The van der Waals surface area contributed by atoms with Crippen LogP contribution in [-0.2, 0) is 27.9 Å². The van der Waals surface area contributed by atoms with Gasteiger partial charge in [0.1, 0.15) is 6.10 Å². The normalized spacial score (nSPS) is 14.0. The van der Waals surface area contributed by atoms with Crippen molar-refractivity contribution in [2.24, 2.45) is 5.73 Å². The van der Waals surface area contributed by atoms with Crippen LogP contribution in [0.4, 0.5) is 0 Å². The third-order valence-electron chi connectivity index (χ3n) is 8.28. The smallest absolute Gasteiger partial charge is 0.457 e. The van der Waals surface area contributed by atoms with Gasteiger partial charge < -0.3 is 20.1 Å². The van der Waals surface area contributed by atoms with E-state index < -0.39 is 13.9 Å². The largest absolute Gasteiger partial charge is 0.472 e. The predicted molar refractivity (Wildman–Crippen MR) is 206 cm³/mol. The Balaban J connectivity index is 4.11. The lowest BCUT2D eigenvalue weighted by atomic mass is 10.1. The predicted octanol–water partition coefficient (Wildman–Crippen LogP) is 11.5. The zero-order chi connectivity index (χ0) is 35.9. The quantitative estimate of drug-likeness (QED) is 0.0281. The van der Waals surface area contributed by atoms with Crippen LogP contribution in [0.15, 0.2) is 36.5 Å². The number of hydrogen-bond acceptors (Lipinski definition) is 7. The monoisotopic (exact) mass is 714 g/mol. The maximum absolute atomic E-state index is 12.5. The van der Waals surface area contributed by atoms with Crippen LogP contribution in [0.2, 0.25) is 0 Å². The Bertz CT molecular complexity index is 848. The minimum atomic E-state index is -4.28. The van der Waals surface area contributed by atoms with Crippen molar-refractivity contribution in [3.05, 3.63) is 36.5 Å². The van der Waals surface area contributed by atoms with Gasteiger partial charge in [-0.1, -0.05) is 134 Å². The zero-order valence-corrected chi connectivity index (χ0v) is 32.6. The molecule has 2 atom stereocenters. The summed E-state index contributed by atoms with van der Waals surface area (Å²) in [7, 11) is -4.28. The Morgan fingerprint density at radius 1 is 0.612 bits per heavy atom. The summed E-state index contributed by atoms with van der Waals surface area (Å²) in [6.45, 7) is 4.86. The summed E-state index contributed by atoms with van der Waals surface area (Å²) in [6.07, 6.45) is 41.5. The lowest BCUT2D eigenvalue weighted by molar-refractivity contribution is -0.154. The first-order chi connectivity index (χ1) is 23.9. The van der Waals surface area contributed by atoms with Crippen molar-refractivity contribution in [2.45, 2.75) is 180 Å². The molecule has 0 aromatic rings. The van der Waals surface area contributed by atoms with E-state index in [0.717, 1.165) is 57.8 Å². The van der Waals surface area contributed by atoms with Crippen LogP contribution >= 0.6 is 7.82 Å². The van der Waals surface area contributed by atoms with E-state index in [1.165, 1.54) is 96.3 Å². The van der Waals surface area contributed by atoms with E-state index in [0.29, 0.717) is 13.0 Å². The third-order valence-corrected chi connectivity index (χ3v) is 9.26. The highest BCUT2D eigenvalue weighted by Crippen LogP contribution is 2.43. The number of carbonyl (C=O) groups excluding carboxylic acids is 1. The van der Waals surface area contributed by atoms with Crippen LogP contribution in [0.25, 0.3) is 0 Å². The van der Waals surface area contributed by atoms with Gasteiger partial charge in [0.15, 0.2) is 0 Å². The molecule has 3 N–H and O–H groups in total. The Hall–Kier alpha value is -1.28. The van der Waals surface area contributed by atoms with Crippen LogP contribution in [-0.4, -0.2) is 49.9 Å². The average Bonchev–Trinajstić information content (AvgIpc) is 3.09. The van der Waals surface area contributed by atoms with Crippen molar-refractivity contribution < 1.29 is 32.8 Å². The van der Waals surface area contributed by atoms with Crippen LogP contribution in [0.3, 0.4) is 0 Å². The maximum Gasteiger partial charge on any atom is 0.472 e. The molecule has 0 radical (unpaired) electrons. The third kappa shape index (κ3) is 37.8. The fourth-order valence-electron chi connectivity index (χ4n) is 5.31. The first-order valence-corrected chi connectivity index (χ1v) is 21.5. The minimum Gasteiger partial charge on any atom is -0.457 e. The molecule has 0 spiro atoms. The lowest BCUT2D eigenvalue weighted by Crippen LogP contribution is -2.28. The Labute approximate surface area is 301 Å². The van der Waals surface area contributed by atoms with Crippen LogP contribution < -0.4 is 5.73 Å². The van der Waals surface area contributed by atoms with Crippen molar-refractivity contribution in [3.63, 3.8) is 0 Å². The van der Waals surface area contributed by atoms with E-state index >= 15 is 0 Å². The number of hydrogen-bond donors (Lipinski definition) is 2. The highest BCUT2D eigenvalue weighted by molar-refractivity contribution is 7.47. The molecule has 0 rings (SSSR count). The van der Waals surface area contributed by atoms with Crippen molar-refractivity contribution in [1.82, 2.24) is 0 Å². The Morgan fingerprint density at radius 2 is 1.08 bits per heavy atom. The fourth-order valence-corrected chi connectivity index (χ4v) is 6.08.